The molecule has 0 saturated carbocycles. The van der Waals surface area contributed by atoms with Crippen LogP contribution in [0.15, 0.2) is 22.6 Å². The number of fused-ring (bicyclic) bond motifs is 1. The normalized spacial score (nSPS) is 18.4. The van der Waals surface area contributed by atoms with Crippen molar-refractivity contribution in [3.8, 4) is 5.75 Å². The van der Waals surface area contributed by atoms with E-state index in [0.29, 0.717) is 17.1 Å². The third kappa shape index (κ3) is 2.95. The third-order valence-corrected chi connectivity index (χ3v) is 3.93. The first-order chi connectivity index (χ1) is 10.7. The lowest BCUT2D eigenvalue weighted by molar-refractivity contribution is -0.139. The molecule has 118 valence electrons. The Hall–Kier alpha value is -2.01. The van der Waals surface area contributed by atoms with Crippen LogP contribution < -0.4 is 4.74 Å². The van der Waals surface area contributed by atoms with E-state index < -0.39 is 0 Å². The summed E-state index contributed by atoms with van der Waals surface area (Å²) in [6.07, 6.45) is 3.02. The minimum atomic E-state index is -0.285. The predicted octanol–water partition coefficient (Wildman–Crippen LogP) is 3.36. The summed E-state index contributed by atoms with van der Waals surface area (Å²) in [4.78, 5) is 11.6. The summed E-state index contributed by atoms with van der Waals surface area (Å²) in [6, 6.07) is 5.69. The van der Waals surface area contributed by atoms with Gasteiger partial charge >= 0.3 is 5.97 Å². The Morgan fingerprint density at radius 3 is 2.95 bits per heavy atom. The molecule has 1 atom stereocenters. The summed E-state index contributed by atoms with van der Waals surface area (Å²) in [7, 11) is 1.38. The summed E-state index contributed by atoms with van der Waals surface area (Å²) in [5.41, 5.74) is 1.50. The number of ether oxygens (including phenoxy) is 3. The van der Waals surface area contributed by atoms with E-state index in [9.17, 15) is 4.79 Å². The van der Waals surface area contributed by atoms with Crippen LogP contribution in [0.3, 0.4) is 0 Å². The summed E-state index contributed by atoms with van der Waals surface area (Å²) >= 11 is 0. The van der Waals surface area contributed by atoms with Crippen molar-refractivity contribution in [2.45, 2.75) is 38.9 Å². The zero-order valence-corrected chi connectivity index (χ0v) is 12.9. The Balaban J connectivity index is 1.91. The Bertz CT molecular complexity index is 667. The second-order valence-corrected chi connectivity index (χ2v) is 5.44. The van der Waals surface area contributed by atoms with Gasteiger partial charge in [-0.3, -0.25) is 4.79 Å². The van der Waals surface area contributed by atoms with Gasteiger partial charge in [-0.2, -0.15) is 0 Å². The van der Waals surface area contributed by atoms with E-state index >= 15 is 0 Å². The van der Waals surface area contributed by atoms with Gasteiger partial charge in [-0.05, 0) is 25.8 Å². The van der Waals surface area contributed by atoms with Gasteiger partial charge in [0.1, 0.15) is 5.76 Å². The second-order valence-electron chi connectivity index (χ2n) is 5.44. The quantitative estimate of drug-likeness (QED) is 0.811. The molecular formula is C17H20O5. The number of furan rings is 1. The molecule has 1 aromatic heterocycles. The van der Waals surface area contributed by atoms with Crippen molar-refractivity contribution in [1.29, 1.82) is 0 Å². The van der Waals surface area contributed by atoms with Gasteiger partial charge in [0.2, 0.25) is 0 Å². The van der Waals surface area contributed by atoms with Gasteiger partial charge in [0.05, 0.1) is 20.1 Å². The number of carbonyl (C=O) groups is 1. The first-order valence-corrected chi connectivity index (χ1v) is 7.55. The van der Waals surface area contributed by atoms with Crippen LogP contribution in [0.25, 0.3) is 11.0 Å². The molecule has 0 bridgehead atoms. The summed E-state index contributed by atoms with van der Waals surface area (Å²) in [6.45, 7) is 2.57. The Labute approximate surface area is 129 Å². The maximum Gasteiger partial charge on any atom is 0.310 e. The first kappa shape index (κ1) is 14.9. The van der Waals surface area contributed by atoms with Crippen molar-refractivity contribution < 1.29 is 23.4 Å². The molecule has 22 heavy (non-hydrogen) atoms. The highest BCUT2D eigenvalue weighted by Gasteiger charge is 2.21. The summed E-state index contributed by atoms with van der Waals surface area (Å²) in [5, 5.41) is 0.885. The molecule has 0 aliphatic carbocycles. The number of hydrogen-bond donors (Lipinski definition) is 0. The molecule has 1 unspecified atom stereocenters. The number of esters is 1. The maximum atomic E-state index is 11.6. The number of rotatable bonds is 4. The minimum absolute atomic E-state index is 0.193. The fraction of sp³-hybridized carbons (Fsp3) is 0.471. The second kappa shape index (κ2) is 6.40. The van der Waals surface area contributed by atoms with Gasteiger partial charge in [-0.1, -0.05) is 12.1 Å². The first-order valence-electron chi connectivity index (χ1n) is 7.55. The number of hydrogen-bond acceptors (Lipinski definition) is 5. The number of benzene rings is 1. The molecule has 0 radical (unpaired) electrons. The van der Waals surface area contributed by atoms with Gasteiger partial charge in [0, 0.05) is 17.4 Å². The molecule has 5 nitrogen and oxygen atoms in total. The van der Waals surface area contributed by atoms with Crippen molar-refractivity contribution in [2.75, 3.05) is 13.7 Å². The van der Waals surface area contributed by atoms with Gasteiger partial charge < -0.3 is 18.6 Å². The Morgan fingerprint density at radius 2 is 2.23 bits per heavy atom. The lowest BCUT2D eigenvalue weighted by atomic mass is 10.1. The molecule has 1 aliphatic heterocycles. The van der Waals surface area contributed by atoms with Gasteiger partial charge in [-0.25, -0.2) is 0 Å². The Kier molecular flexibility index (Phi) is 4.34. The monoisotopic (exact) mass is 304 g/mol. The molecule has 5 heteroatoms. The van der Waals surface area contributed by atoms with Crippen LogP contribution >= 0.6 is 0 Å². The molecule has 2 heterocycles. The van der Waals surface area contributed by atoms with Crippen molar-refractivity contribution in [2.24, 2.45) is 0 Å². The predicted molar refractivity (Wildman–Crippen MR) is 80.9 cm³/mol. The lowest BCUT2D eigenvalue weighted by Crippen LogP contribution is -2.25. The number of carbonyl (C=O) groups excluding carboxylic acids is 1. The lowest BCUT2D eigenvalue weighted by Gasteiger charge is -2.23. The molecular weight excluding hydrogens is 284 g/mol. The topological polar surface area (TPSA) is 57.9 Å². The number of methoxy groups -OCH3 is 1. The third-order valence-electron chi connectivity index (χ3n) is 3.93. The van der Waals surface area contributed by atoms with Crippen LogP contribution in [0.1, 0.15) is 30.6 Å². The van der Waals surface area contributed by atoms with Crippen LogP contribution in [0, 0.1) is 6.92 Å². The van der Waals surface area contributed by atoms with E-state index in [0.717, 1.165) is 36.8 Å². The van der Waals surface area contributed by atoms with Crippen LogP contribution in [0.4, 0.5) is 0 Å². The fourth-order valence-corrected chi connectivity index (χ4v) is 2.74. The standard InChI is InChI=1S/C17H20O5/c1-11-13(10-15(18)19-2)12-6-5-7-14(17(12)21-11)22-16-8-3-4-9-20-16/h5-7,16H,3-4,8-10H2,1-2H3. The van der Waals surface area contributed by atoms with Crippen molar-refractivity contribution in [1.82, 2.24) is 0 Å². The highest BCUT2D eigenvalue weighted by atomic mass is 16.7. The van der Waals surface area contributed by atoms with E-state index in [1.165, 1.54) is 7.11 Å². The van der Waals surface area contributed by atoms with Gasteiger partial charge in [-0.15, -0.1) is 0 Å². The van der Waals surface area contributed by atoms with E-state index in [1.807, 2.05) is 25.1 Å². The zero-order valence-electron chi connectivity index (χ0n) is 12.9. The molecule has 1 aliphatic rings. The van der Waals surface area contributed by atoms with E-state index in [4.69, 9.17) is 18.6 Å². The average molecular weight is 304 g/mol. The van der Waals surface area contributed by atoms with E-state index in [2.05, 4.69) is 0 Å². The van der Waals surface area contributed by atoms with Crippen LogP contribution in [0.2, 0.25) is 0 Å². The van der Waals surface area contributed by atoms with E-state index in [1.54, 1.807) is 0 Å². The molecule has 0 N–H and O–H groups in total. The van der Waals surface area contributed by atoms with Crippen LogP contribution in [0.5, 0.6) is 5.75 Å². The molecule has 1 saturated heterocycles. The molecule has 3 rings (SSSR count). The number of para-hydroxylation sites is 1. The van der Waals surface area contributed by atoms with Crippen LogP contribution in [-0.4, -0.2) is 26.0 Å². The Morgan fingerprint density at radius 1 is 1.36 bits per heavy atom. The molecule has 0 spiro atoms. The SMILES string of the molecule is COC(=O)Cc1c(C)oc2c(OC3CCCCO3)cccc12. The van der Waals surface area contributed by atoms with E-state index in [-0.39, 0.29) is 18.7 Å². The molecule has 1 fully saturated rings. The molecule has 2 aromatic rings. The summed E-state index contributed by atoms with van der Waals surface area (Å²) < 4.78 is 22.1. The van der Waals surface area contributed by atoms with Crippen molar-refractivity contribution >= 4 is 16.9 Å². The molecule has 0 amide bonds. The summed E-state index contributed by atoms with van der Waals surface area (Å²) in [5.74, 6) is 1.08. The van der Waals surface area contributed by atoms with Crippen molar-refractivity contribution in [3.63, 3.8) is 0 Å². The molecule has 1 aromatic carbocycles. The average Bonchev–Trinajstić information content (AvgIpc) is 2.85. The smallest absolute Gasteiger partial charge is 0.310 e. The minimum Gasteiger partial charge on any atom is -0.469 e. The largest absolute Gasteiger partial charge is 0.469 e. The highest BCUT2D eigenvalue weighted by Crippen LogP contribution is 2.34. The van der Waals surface area contributed by atoms with Crippen LogP contribution in [-0.2, 0) is 20.7 Å². The van der Waals surface area contributed by atoms with Gasteiger partial charge in [0.25, 0.3) is 0 Å². The zero-order chi connectivity index (χ0) is 15.5. The fourth-order valence-electron chi connectivity index (χ4n) is 2.74. The number of aryl methyl sites for hydroxylation is 1. The van der Waals surface area contributed by atoms with Gasteiger partial charge in [0.15, 0.2) is 17.6 Å². The highest BCUT2D eigenvalue weighted by molar-refractivity contribution is 5.90. The van der Waals surface area contributed by atoms with Crippen molar-refractivity contribution in [3.05, 3.63) is 29.5 Å². The maximum absolute atomic E-state index is 11.6.